The summed E-state index contributed by atoms with van der Waals surface area (Å²) >= 11 is 0. The molecule has 1 aromatic carbocycles. The minimum absolute atomic E-state index is 0.0949. The zero-order chi connectivity index (χ0) is 14.8. The van der Waals surface area contributed by atoms with Crippen LogP contribution in [0, 0.1) is 17.0 Å². The van der Waals surface area contributed by atoms with Gasteiger partial charge in [0.25, 0.3) is 0 Å². The second-order valence-electron chi connectivity index (χ2n) is 5.96. The van der Waals surface area contributed by atoms with Gasteiger partial charge in [-0.05, 0) is 43.5 Å². The maximum absolute atomic E-state index is 13.6. The van der Waals surface area contributed by atoms with Crippen molar-refractivity contribution < 1.29 is 13.6 Å². The lowest BCUT2D eigenvalue weighted by Gasteiger charge is -2.38. The van der Waals surface area contributed by atoms with Gasteiger partial charge in [0.2, 0.25) is 0 Å². The zero-order valence-corrected chi connectivity index (χ0v) is 12.1. The molecule has 0 aliphatic carbocycles. The van der Waals surface area contributed by atoms with Crippen LogP contribution in [0.3, 0.4) is 0 Å². The second kappa shape index (κ2) is 6.00. The highest BCUT2D eigenvalue weighted by Crippen LogP contribution is 2.33. The lowest BCUT2D eigenvalue weighted by molar-refractivity contribution is 0.0805. The first-order valence-corrected chi connectivity index (χ1v) is 7.15. The van der Waals surface area contributed by atoms with E-state index >= 15 is 0 Å². The fraction of sp³-hybridized carbons (Fsp3) is 0.562. The van der Waals surface area contributed by atoms with Crippen molar-refractivity contribution in [1.82, 2.24) is 4.90 Å². The smallest absolute Gasteiger partial charge is 0.182 e. The van der Waals surface area contributed by atoms with Gasteiger partial charge < -0.3 is 0 Å². The summed E-state index contributed by atoms with van der Waals surface area (Å²) in [6, 6.07) is 3.52. The summed E-state index contributed by atoms with van der Waals surface area (Å²) in [5.74, 6) is -2.02. The van der Waals surface area contributed by atoms with Crippen LogP contribution in [0.15, 0.2) is 18.2 Å². The fourth-order valence-corrected chi connectivity index (χ4v) is 2.65. The fourth-order valence-electron chi connectivity index (χ4n) is 2.65. The first-order valence-electron chi connectivity index (χ1n) is 7.15. The molecule has 1 heterocycles. The molecule has 1 saturated heterocycles. The van der Waals surface area contributed by atoms with Crippen molar-refractivity contribution in [3.63, 3.8) is 0 Å². The Balaban J connectivity index is 2.00. The summed E-state index contributed by atoms with van der Waals surface area (Å²) in [6.07, 6.45) is 3.17. The SMILES string of the molecule is CCC1(C)CCN(CC(=O)c2c(F)cccc2F)CC1. The van der Waals surface area contributed by atoms with Crippen molar-refractivity contribution in [2.45, 2.75) is 33.1 Å². The Bertz CT molecular complexity index is 473. The molecule has 0 radical (unpaired) electrons. The molecular weight excluding hydrogens is 260 g/mol. The van der Waals surface area contributed by atoms with Gasteiger partial charge in [0, 0.05) is 0 Å². The van der Waals surface area contributed by atoms with Gasteiger partial charge in [-0.15, -0.1) is 0 Å². The van der Waals surface area contributed by atoms with E-state index in [1.54, 1.807) is 0 Å². The van der Waals surface area contributed by atoms with Gasteiger partial charge in [-0.3, -0.25) is 9.69 Å². The number of piperidine rings is 1. The molecule has 0 bridgehead atoms. The van der Waals surface area contributed by atoms with Gasteiger partial charge in [-0.2, -0.15) is 0 Å². The highest BCUT2D eigenvalue weighted by Gasteiger charge is 2.29. The standard InChI is InChI=1S/C16H21F2NO/c1-3-16(2)7-9-19(10-8-16)11-14(20)15-12(17)5-4-6-13(15)18/h4-6H,3,7-11H2,1-2H3. The normalized spacial score (nSPS) is 19.0. The maximum atomic E-state index is 13.6. The summed E-state index contributed by atoms with van der Waals surface area (Å²) in [5.41, 5.74) is -0.0701. The number of hydrogen-bond acceptors (Lipinski definition) is 2. The number of carbonyl (C=O) groups excluding carboxylic acids is 1. The van der Waals surface area contributed by atoms with E-state index < -0.39 is 23.0 Å². The predicted molar refractivity (Wildman–Crippen MR) is 74.8 cm³/mol. The average Bonchev–Trinajstić information content (AvgIpc) is 2.41. The van der Waals surface area contributed by atoms with Gasteiger partial charge in [-0.1, -0.05) is 26.3 Å². The van der Waals surface area contributed by atoms with E-state index in [2.05, 4.69) is 13.8 Å². The van der Waals surface area contributed by atoms with Gasteiger partial charge in [0.05, 0.1) is 12.1 Å². The van der Waals surface area contributed by atoms with Gasteiger partial charge in [0.1, 0.15) is 11.6 Å². The van der Waals surface area contributed by atoms with E-state index in [4.69, 9.17) is 0 Å². The third kappa shape index (κ3) is 3.23. The summed E-state index contributed by atoms with van der Waals surface area (Å²) < 4.78 is 27.1. The van der Waals surface area contributed by atoms with E-state index in [9.17, 15) is 13.6 Å². The van der Waals surface area contributed by atoms with Crippen LogP contribution in [0.4, 0.5) is 8.78 Å². The average molecular weight is 281 g/mol. The minimum Gasteiger partial charge on any atom is -0.296 e. The van der Waals surface area contributed by atoms with E-state index in [-0.39, 0.29) is 6.54 Å². The number of nitrogens with zero attached hydrogens (tertiary/aromatic N) is 1. The Morgan fingerprint density at radius 2 is 1.80 bits per heavy atom. The van der Waals surface area contributed by atoms with Crippen LogP contribution in [0.25, 0.3) is 0 Å². The molecule has 4 heteroatoms. The van der Waals surface area contributed by atoms with E-state index in [0.29, 0.717) is 5.41 Å². The second-order valence-corrected chi connectivity index (χ2v) is 5.96. The minimum atomic E-state index is -0.773. The van der Waals surface area contributed by atoms with Crippen molar-refractivity contribution in [2.24, 2.45) is 5.41 Å². The lowest BCUT2D eigenvalue weighted by Crippen LogP contribution is -2.41. The number of carbonyl (C=O) groups is 1. The van der Waals surface area contributed by atoms with Crippen molar-refractivity contribution in [1.29, 1.82) is 0 Å². The first kappa shape index (κ1) is 15.1. The van der Waals surface area contributed by atoms with Crippen LogP contribution in [0.1, 0.15) is 43.5 Å². The topological polar surface area (TPSA) is 20.3 Å². The van der Waals surface area contributed by atoms with E-state index in [1.807, 2.05) is 4.90 Å². The Labute approximate surface area is 118 Å². The molecule has 0 aromatic heterocycles. The number of hydrogen-bond donors (Lipinski definition) is 0. The first-order chi connectivity index (χ1) is 9.45. The maximum Gasteiger partial charge on any atom is 0.182 e. The number of benzene rings is 1. The zero-order valence-electron chi connectivity index (χ0n) is 12.1. The van der Waals surface area contributed by atoms with E-state index in [0.717, 1.165) is 44.5 Å². The van der Waals surface area contributed by atoms with Crippen molar-refractivity contribution >= 4 is 5.78 Å². The van der Waals surface area contributed by atoms with Crippen molar-refractivity contribution in [3.8, 4) is 0 Å². The molecule has 1 aliphatic rings. The number of Topliss-reactive ketones (excluding diaryl/α,β-unsaturated/α-hetero) is 1. The van der Waals surface area contributed by atoms with Gasteiger partial charge in [-0.25, -0.2) is 8.78 Å². The summed E-state index contributed by atoms with van der Waals surface area (Å²) in [4.78, 5) is 14.1. The largest absolute Gasteiger partial charge is 0.296 e. The van der Waals surface area contributed by atoms with Crippen LogP contribution in [0.5, 0.6) is 0 Å². The molecule has 1 aliphatic heterocycles. The number of rotatable bonds is 4. The van der Waals surface area contributed by atoms with Crippen LogP contribution in [-0.2, 0) is 0 Å². The van der Waals surface area contributed by atoms with Gasteiger partial charge >= 0.3 is 0 Å². The number of likely N-dealkylation sites (tertiary alicyclic amines) is 1. The van der Waals surface area contributed by atoms with E-state index in [1.165, 1.54) is 6.07 Å². The molecule has 110 valence electrons. The molecule has 2 rings (SSSR count). The molecule has 2 nitrogen and oxygen atoms in total. The monoisotopic (exact) mass is 281 g/mol. The van der Waals surface area contributed by atoms with Gasteiger partial charge in [0.15, 0.2) is 5.78 Å². The molecule has 0 spiro atoms. The quantitative estimate of drug-likeness (QED) is 0.785. The highest BCUT2D eigenvalue weighted by atomic mass is 19.1. The lowest BCUT2D eigenvalue weighted by atomic mass is 9.78. The molecule has 1 aromatic rings. The third-order valence-electron chi connectivity index (χ3n) is 4.53. The Kier molecular flexibility index (Phi) is 4.53. The Morgan fingerprint density at radius 1 is 1.25 bits per heavy atom. The number of ketones is 1. The van der Waals surface area contributed by atoms with Crippen molar-refractivity contribution in [3.05, 3.63) is 35.4 Å². The molecule has 0 saturated carbocycles. The molecule has 20 heavy (non-hydrogen) atoms. The summed E-state index contributed by atoms with van der Waals surface area (Å²) in [5, 5.41) is 0. The summed E-state index contributed by atoms with van der Waals surface area (Å²) in [6.45, 7) is 6.15. The third-order valence-corrected chi connectivity index (χ3v) is 4.53. The predicted octanol–water partition coefficient (Wildman–Crippen LogP) is 3.66. The number of halogens is 2. The summed E-state index contributed by atoms with van der Waals surface area (Å²) in [7, 11) is 0. The van der Waals surface area contributed by atoms with Crippen LogP contribution in [0.2, 0.25) is 0 Å². The molecule has 0 unspecified atom stereocenters. The molecule has 0 atom stereocenters. The molecular formula is C16H21F2NO. The molecule has 0 amide bonds. The highest BCUT2D eigenvalue weighted by molar-refractivity contribution is 5.98. The van der Waals surface area contributed by atoms with Crippen LogP contribution in [-0.4, -0.2) is 30.3 Å². The Hall–Kier alpha value is -1.29. The Morgan fingerprint density at radius 3 is 2.30 bits per heavy atom. The van der Waals surface area contributed by atoms with Crippen LogP contribution >= 0.6 is 0 Å². The molecule has 1 fully saturated rings. The van der Waals surface area contributed by atoms with Crippen molar-refractivity contribution in [2.75, 3.05) is 19.6 Å². The molecule has 0 N–H and O–H groups in total. The van der Waals surface area contributed by atoms with Crippen LogP contribution < -0.4 is 0 Å².